The summed E-state index contributed by atoms with van der Waals surface area (Å²) in [6, 6.07) is 0. The van der Waals surface area contributed by atoms with Gasteiger partial charge in [0.15, 0.2) is 0 Å². The Bertz CT molecular complexity index is 141. The number of carbonyl (C=O) groups is 1. The van der Waals surface area contributed by atoms with Crippen LogP contribution in [0.2, 0.25) is 0 Å². The first kappa shape index (κ1) is 12.5. The Balaban J connectivity index is 3.48. The SMILES string of the molecule is CCC(CC)CCCN(C)C(C)=O. The lowest BCUT2D eigenvalue weighted by Crippen LogP contribution is -2.25. The van der Waals surface area contributed by atoms with E-state index in [1.165, 1.54) is 19.3 Å². The Hall–Kier alpha value is -0.530. The van der Waals surface area contributed by atoms with Gasteiger partial charge in [-0.1, -0.05) is 26.7 Å². The Morgan fingerprint density at radius 2 is 1.85 bits per heavy atom. The lowest BCUT2D eigenvalue weighted by molar-refractivity contribution is -0.127. The van der Waals surface area contributed by atoms with Crippen LogP contribution in [0, 0.1) is 5.92 Å². The molecular formula is C11H23NO. The van der Waals surface area contributed by atoms with E-state index in [1.54, 1.807) is 11.8 Å². The molecule has 2 heteroatoms. The second-order valence-electron chi connectivity index (χ2n) is 3.77. The van der Waals surface area contributed by atoms with Gasteiger partial charge in [0.25, 0.3) is 0 Å². The quantitative estimate of drug-likeness (QED) is 0.623. The molecule has 78 valence electrons. The predicted molar refractivity (Wildman–Crippen MR) is 56.6 cm³/mol. The molecule has 0 saturated carbocycles. The van der Waals surface area contributed by atoms with Crippen LogP contribution in [-0.4, -0.2) is 24.4 Å². The summed E-state index contributed by atoms with van der Waals surface area (Å²) in [7, 11) is 1.87. The maximum Gasteiger partial charge on any atom is 0.219 e. The topological polar surface area (TPSA) is 20.3 Å². The Morgan fingerprint density at radius 1 is 1.31 bits per heavy atom. The summed E-state index contributed by atoms with van der Waals surface area (Å²) in [4.78, 5) is 12.7. The van der Waals surface area contributed by atoms with E-state index < -0.39 is 0 Å². The fraction of sp³-hybridized carbons (Fsp3) is 0.909. The van der Waals surface area contributed by atoms with Crippen molar-refractivity contribution in [1.82, 2.24) is 4.90 Å². The lowest BCUT2D eigenvalue weighted by atomic mass is 9.97. The molecule has 0 spiro atoms. The Kier molecular flexibility index (Phi) is 6.65. The summed E-state index contributed by atoms with van der Waals surface area (Å²) in [5.41, 5.74) is 0. The highest BCUT2D eigenvalue weighted by Crippen LogP contribution is 2.14. The first-order chi connectivity index (χ1) is 6.11. The average Bonchev–Trinajstić information content (AvgIpc) is 2.12. The van der Waals surface area contributed by atoms with Gasteiger partial charge in [-0.05, 0) is 18.8 Å². The van der Waals surface area contributed by atoms with Gasteiger partial charge < -0.3 is 4.90 Å². The number of nitrogens with zero attached hydrogens (tertiary/aromatic N) is 1. The highest BCUT2D eigenvalue weighted by Gasteiger charge is 2.05. The van der Waals surface area contributed by atoms with E-state index in [-0.39, 0.29) is 5.91 Å². The van der Waals surface area contributed by atoms with Crippen molar-refractivity contribution in [2.24, 2.45) is 5.92 Å². The van der Waals surface area contributed by atoms with E-state index >= 15 is 0 Å². The van der Waals surface area contributed by atoms with Crippen LogP contribution < -0.4 is 0 Å². The van der Waals surface area contributed by atoms with Crippen molar-refractivity contribution in [2.45, 2.75) is 46.5 Å². The molecule has 0 aromatic carbocycles. The summed E-state index contributed by atoms with van der Waals surface area (Å²) in [6.45, 7) is 7.01. The molecule has 0 atom stereocenters. The third-order valence-corrected chi connectivity index (χ3v) is 2.80. The summed E-state index contributed by atoms with van der Waals surface area (Å²) < 4.78 is 0. The molecule has 0 aromatic rings. The van der Waals surface area contributed by atoms with Crippen molar-refractivity contribution < 1.29 is 4.79 Å². The normalized spacial score (nSPS) is 10.5. The number of carbonyl (C=O) groups excluding carboxylic acids is 1. The highest BCUT2D eigenvalue weighted by atomic mass is 16.2. The van der Waals surface area contributed by atoms with Gasteiger partial charge in [0.1, 0.15) is 0 Å². The molecule has 0 saturated heterocycles. The van der Waals surface area contributed by atoms with Crippen LogP contribution >= 0.6 is 0 Å². The van der Waals surface area contributed by atoms with Crippen LogP contribution in [0.15, 0.2) is 0 Å². The zero-order chi connectivity index (χ0) is 10.3. The second-order valence-corrected chi connectivity index (χ2v) is 3.77. The third-order valence-electron chi connectivity index (χ3n) is 2.80. The van der Waals surface area contributed by atoms with Crippen molar-refractivity contribution in [3.8, 4) is 0 Å². The van der Waals surface area contributed by atoms with Crippen LogP contribution in [0.25, 0.3) is 0 Å². The van der Waals surface area contributed by atoms with E-state index in [0.717, 1.165) is 18.9 Å². The van der Waals surface area contributed by atoms with E-state index in [0.29, 0.717) is 0 Å². The second kappa shape index (κ2) is 6.93. The van der Waals surface area contributed by atoms with Crippen LogP contribution in [-0.2, 0) is 4.79 Å². The number of hydrogen-bond acceptors (Lipinski definition) is 1. The molecule has 2 nitrogen and oxygen atoms in total. The van der Waals surface area contributed by atoms with Gasteiger partial charge in [-0.25, -0.2) is 0 Å². The number of rotatable bonds is 6. The molecule has 0 rings (SSSR count). The molecule has 13 heavy (non-hydrogen) atoms. The van der Waals surface area contributed by atoms with Crippen LogP contribution in [0.4, 0.5) is 0 Å². The summed E-state index contributed by atoms with van der Waals surface area (Å²) >= 11 is 0. The van der Waals surface area contributed by atoms with E-state index in [9.17, 15) is 4.79 Å². The summed E-state index contributed by atoms with van der Waals surface area (Å²) in [6.07, 6.45) is 4.92. The lowest BCUT2D eigenvalue weighted by Gasteiger charge is -2.17. The fourth-order valence-electron chi connectivity index (χ4n) is 1.47. The predicted octanol–water partition coefficient (Wildman–Crippen LogP) is 2.68. The molecular weight excluding hydrogens is 162 g/mol. The van der Waals surface area contributed by atoms with Gasteiger partial charge in [-0.15, -0.1) is 0 Å². The molecule has 0 aromatic heterocycles. The minimum absolute atomic E-state index is 0.171. The van der Waals surface area contributed by atoms with Gasteiger partial charge in [-0.2, -0.15) is 0 Å². The molecule has 0 heterocycles. The number of hydrogen-bond donors (Lipinski definition) is 0. The van der Waals surface area contributed by atoms with Crippen molar-refractivity contribution in [2.75, 3.05) is 13.6 Å². The van der Waals surface area contributed by atoms with Gasteiger partial charge in [-0.3, -0.25) is 4.79 Å². The smallest absolute Gasteiger partial charge is 0.219 e. The van der Waals surface area contributed by atoms with Gasteiger partial charge in [0, 0.05) is 20.5 Å². The third kappa shape index (κ3) is 5.67. The minimum atomic E-state index is 0.171. The molecule has 0 aliphatic heterocycles. The van der Waals surface area contributed by atoms with Crippen molar-refractivity contribution >= 4 is 5.91 Å². The average molecular weight is 185 g/mol. The monoisotopic (exact) mass is 185 g/mol. The molecule has 0 bridgehead atoms. The molecule has 0 fully saturated rings. The zero-order valence-corrected chi connectivity index (χ0v) is 9.47. The molecule has 0 N–H and O–H groups in total. The first-order valence-electron chi connectivity index (χ1n) is 5.33. The molecule has 0 aliphatic rings. The van der Waals surface area contributed by atoms with E-state index in [2.05, 4.69) is 13.8 Å². The molecule has 1 amide bonds. The van der Waals surface area contributed by atoms with Crippen molar-refractivity contribution in [1.29, 1.82) is 0 Å². The summed E-state index contributed by atoms with van der Waals surface area (Å²) in [5, 5.41) is 0. The highest BCUT2D eigenvalue weighted by molar-refractivity contribution is 5.72. The van der Waals surface area contributed by atoms with E-state index in [4.69, 9.17) is 0 Å². The van der Waals surface area contributed by atoms with Crippen LogP contribution in [0.1, 0.15) is 46.5 Å². The largest absolute Gasteiger partial charge is 0.346 e. The molecule has 0 unspecified atom stereocenters. The maximum absolute atomic E-state index is 10.9. The number of amides is 1. The standard InChI is InChI=1S/C11H23NO/c1-5-11(6-2)8-7-9-12(4)10(3)13/h11H,5-9H2,1-4H3. The van der Waals surface area contributed by atoms with E-state index in [1.807, 2.05) is 7.05 Å². The Morgan fingerprint density at radius 3 is 2.23 bits per heavy atom. The van der Waals surface area contributed by atoms with Gasteiger partial charge >= 0.3 is 0 Å². The van der Waals surface area contributed by atoms with Gasteiger partial charge in [0.05, 0.1) is 0 Å². The zero-order valence-electron chi connectivity index (χ0n) is 9.47. The van der Waals surface area contributed by atoms with Crippen molar-refractivity contribution in [3.63, 3.8) is 0 Å². The Labute approximate surface area is 82.3 Å². The van der Waals surface area contributed by atoms with Crippen LogP contribution in [0.3, 0.4) is 0 Å². The van der Waals surface area contributed by atoms with Crippen molar-refractivity contribution in [3.05, 3.63) is 0 Å². The molecule has 0 radical (unpaired) electrons. The molecule has 0 aliphatic carbocycles. The maximum atomic E-state index is 10.9. The van der Waals surface area contributed by atoms with Crippen LogP contribution in [0.5, 0.6) is 0 Å². The first-order valence-corrected chi connectivity index (χ1v) is 5.33. The summed E-state index contributed by atoms with van der Waals surface area (Å²) in [5.74, 6) is 1.02. The van der Waals surface area contributed by atoms with Gasteiger partial charge in [0.2, 0.25) is 5.91 Å². The fourth-order valence-corrected chi connectivity index (χ4v) is 1.47. The minimum Gasteiger partial charge on any atom is -0.346 e.